The van der Waals surface area contributed by atoms with Gasteiger partial charge in [-0.3, -0.25) is 4.68 Å². The number of aromatic nitrogens is 2. The summed E-state index contributed by atoms with van der Waals surface area (Å²) in [5.74, 6) is 0.956. The molecule has 2 aliphatic rings. The van der Waals surface area contributed by atoms with Gasteiger partial charge in [-0.2, -0.15) is 5.10 Å². The van der Waals surface area contributed by atoms with Crippen molar-refractivity contribution < 1.29 is 23.4 Å². The summed E-state index contributed by atoms with van der Waals surface area (Å²) in [6, 6.07) is 0. The summed E-state index contributed by atoms with van der Waals surface area (Å²) in [6.45, 7) is 7.72. The molecule has 1 aliphatic heterocycles. The average Bonchev–Trinajstić information content (AvgIpc) is 3.28. The molecule has 0 saturated carbocycles. The molecule has 1 aliphatic carbocycles. The number of carbonyl (C=O) groups excluding carboxylic acids is 1. The summed E-state index contributed by atoms with van der Waals surface area (Å²) in [5.41, 5.74) is 3.79. The minimum atomic E-state index is -0.417. The SMILES string of the molecule is CCOC(=O)c1oc2c(c1C)-c1nn(C[C@H]3COCO3)cc1C(C)C2. The number of carbonyl (C=O) groups is 1. The molecular weight excluding hydrogens is 324 g/mol. The van der Waals surface area contributed by atoms with Gasteiger partial charge in [0.2, 0.25) is 5.76 Å². The van der Waals surface area contributed by atoms with Gasteiger partial charge in [-0.05, 0) is 19.8 Å². The number of hydrogen-bond donors (Lipinski definition) is 0. The number of rotatable bonds is 4. The Morgan fingerprint density at radius 1 is 1.48 bits per heavy atom. The van der Waals surface area contributed by atoms with Crippen LogP contribution >= 0.6 is 0 Å². The van der Waals surface area contributed by atoms with Crippen molar-refractivity contribution in [1.29, 1.82) is 0 Å². The second kappa shape index (κ2) is 6.31. The van der Waals surface area contributed by atoms with Crippen molar-refractivity contribution in [2.45, 2.75) is 45.8 Å². The number of nitrogens with zero attached hydrogens (tertiary/aromatic N) is 2. The van der Waals surface area contributed by atoms with Crippen molar-refractivity contribution in [2.75, 3.05) is 20.0 Å². The minimum absolute atomic E-state index is 0.0247. The quantitative estimate of drug-likeness (QED) is 0.792. The van der Waals surface area contributed by atoms with E-state index in [1.165, 1.54) is 5.56 Å². The molecule has 2 aromatic heterocycles. The highest BCUT2D eigenvalue weighted by atomic mass is 16.7. The van der Waals surface area contributed by atoms with Crippen molar-refractivity contribution in [3.05, 3.63) is 28.8 Å². The molecule has 0 radical (unpaired) electrons. The van der Waals surface area contributed by atoms with E-state index in [0.29, 0.717) is 26.6 Å². The van der Waals surface area contributed by atoms with E-state index < -0.39 is 5.97 Å². The van der Waals surface area contributed by atoms with E-state index in [9.17, 15) is 4.79 Å². The van der Waals surface area contributed by atoms with Crippen LogP contribution in [0.3, 0.4) is 0 Å². The van der Waals surface area contributed by atoms with Gasteiger partial charge in [0.05, 0.1) is 25.5 Å². The molecule has 0 N–H and O–H groups in total. The molecule has 0 amide bonds. The molecule has 2 atom stereocenters. The van der Waals surface area contributed by atoms with Crippen LogP contribution < -0.4 is 0 Å². The predicted octanol–water partition coefficient (Wildman–Crippen LogP) is 2.66. The van der Waals surface area contributed by atoms with Crippen LogP contribution in [0.2, 0.25) is 0 Å². The van der Waals surface area contributed by atoms with Gasteiger partial charge in [-0.25, -0.2) is 4.79 Å². The lowest BCUT2D eigenvalue weighted by atomic mass is 9.86. The van der Waals surface area contributed by atoms with Crippen LogP contribution in [0.1, 0.15) is 47.2 Å². The molecule has 1 saturated heterocycles. The Kier molecular flexibility index (Phi) is 4.13. The van der Waals surface area contributed by atoms with E-state index >= 15 is 0 Å². The molecule has 7 nitrogen and oxygen atoms in total. The standard InChI is InChI=1S/C18H22N2O5/c1-4-23-18(21)17-11(3)15-14(25-17)5-10(2)13-7-20(19-16(13)15)6-12-8-22-9-24-12/h7,10,12H,4-6,8-9H2,1-3H3/t10?,12-/m0/s1. The van der Waals surface area contributed by atoms with E-state index in [-0.39, 0.29) is 17.8 Å². The molecular formula is C18H22N2O5. The van der Waals surface area contributed by atoms with Crippen molar-refractivity contribution in [3.8, 4) is 11.3 Å². The van der Waals surface area contributed by atoms with Gasteiger partial charge in [-0.15, -0.1) is 0 Å². The van der Waals surface area contributed by atoms with Crippen LogP contribution in [-0.4, -0.2) is 41.9 Å². The lowest BCUT2D eigenvalue weighted by molar-refractivity contribution is 0.0413. The molecule has 2 aromatic rings. The largest absolute Gasteiger partial charge is 0.460 e. The Balaban J connectivity index is 1.71. The van der Waals surface area contributed by atoms with Gasteiger partial charge in [0.25, 0.3) is 0 Å². The Morgan fingerprint density at radius 3 is 3.04 bits per heavy atom. The van der Waals surface area contributed by atoms with Crippen molar-refractivity contribution in [2.24, 2.45) is 0 Å². The smallest absolute Gasteiger partial charge is 0.374 e. The van der Waals surface area contributed by atoms with Gasteiger partial charge in [0, 0.05) is 29.3 Å². The fraction of sp³-hybridized carbons (Fsp3) is 0.556. The van der Waals surface area contributed by atoms with Gasteiger partial charge >= 0.3 is 5.97 Å². The molecule has 3 heterocycles. The van der Waals surface area contributed by atoms with Crippen LogP contribution in [-0.2, 0) is 27.2 Å². The number of furan rings is 1. The number of fused-ring (bicyclic) bond motifs is 3. The monoisotopic (exact) mass is 346 g/mol. The molecule has 1 fully saturated rings. The van der Waals surface area contributed by atoms with Gasteiger partial charge in [0.15, 0.2) is 0 Å². The first-order chi connectivity index (χ1) is 12.1. The maximum Gasteiger partial charge on any atom is 0.374 e. The third-order valence-corrected chi connectivity index (χ3v) is 4.81. The first kappa shape index (κ1) is 16.4. The topological polar surface area (TPSA) is 75.7 Å². The van der Waals surface area contributed by atoms with E-state index in [2.05, 4.69) is 13.1 Å². The third kappa shape index (κ3) is 2.77. The Morgan fingerprint density at radius 2 is 2.32 bits per heavy atom. The lowest BCUT2D eigenvalue weighted by Gasteiger charge is -2.16. The second-order valence-electron chi connectivity index (χ2n) is 6.61. The van der Waals surface area contributed by atoms with Gasteiger partial charge in [0.1, 0.15) is 18.7 Å². The summed E-state index contributed by atoms with van der Waals surface area (Å²) in [5, 5.41) is 4.75. The Hall–Kier alpha value is -2.12. The molecule has 4 rings (SSSR count). The van der Waals surface area contributed by atoms with E-state index in [0.717, 1.165) is 29.0 Å². The number of ether oxygens (including phenoxy) is 3. The molecule has 7 heteroatoms. The molecule has 0 spiro atoms. The summed E-state index contributed by atoms with van der Waals surface area (Å²) in [4.78, 5) is 12.1. The zero-order chi connectivity index (χ0) is 17.6. The zero-order valence-corrected chi connectivity index (χ0v) is 14.7. The van der Waals surface area contributed by atoms with Crippen LogP contribution in [0.15, 0.2) is 10.6 Å². The highest BCUT2D eigenvalue weighted by Crippen LogP contribution is 2.43. The summed E-state index contributed by atoms with van der Waals surface area (Å²) in [6.07, 6.45) is 2.84. The van der Waals surface area contributed by atoms with Crippen LogP contribution in [0.5, 0.6) is 0 Å². The highest BCUT2D eigenvalue weighted by molar-refractivity contribution is 5.91. The van der Waals surface area contributed by atoms with E-state index in [4.69, 9.17) is 23.7 Å². The minimum Gasteiger partial charge on any atom is -0.460 e. The molecule has 0 aromatic carbocycles. The van der Waals surface area contributed by atoms with Gasteiger partial charge < -0.3 is 18.6 Å². The molecule has 134 valence electrons. The molecule has 25 heavy (non-hydrogen) atoms. The first-order valence-electron chi connectivity index (χ1n) is 8.65. The van der Waals surface area contributed by atoms with Crippen LogP contribution in [0.25, 0.3) is 11.3 Å². The predicted molar refractivity (Wildman–Crippen MR) is 88.4 cm³/mol. The second-order valence-corrected chi connectivity index (χ2v) is 6.61. The highest BCUT2D eigenvalue weighted by Gasteiger charge is 2.33. The van der Waals surface area contributed by atoms with Crippen LogP contribution in [0, 0.1) is 6.92 Å². The lowest BCUT2D eigenvalue weighted by Crippen LogP contribution is -2.18. The van der Waals surface area contributed by atoms with Crippen molar-refractivity contribution >= 4 is 5.97 Å². The molecule has 1 unspecified atom stereocenters. The number of hydrogen-bond acceptors (Lipinski definition) is 6. The third-order valence-electron chi connectivity index (χ3n) is 4.81. The Labute approximate surface area is 145 Å². The average molecular weight is 346 g/mol. The number of esters is 1. The fourth-order valence-corrected chi connectivity index (χ4v) is 3.58. The maximum absolute atomic E-state index is 12.1. The first-order valence-corrected chi connectivity index (χ1v) is 8.65. The zero-order valence-electron chi connectivity index (χ0n) is 14.7. The maximum atomic E-state index is 12.1. The summed E-state index contributed by atoms with van der Waals surface area (Å²) in [7, 11) is 0. The summed E-state index contributed by atoms with van der Waals surface area (Å²) < 4.78 is 23.6. The van der Waals surface area contributed by atoms with E-state index in [1.807, 2.05) is 11.6 Å². The summed E-state index contributed by atoms with van der Waals surface area (Å²) >= 11 is 0. The van der Waals surface area contributed by atoms with Crippen molar-refractivity contribution in [1.82, 2.24) is 9.78 Å². The van der Waals surface area contributed by atoms with E-state index in [1.54, 1.807) is 6.92 Å². The van der Waals surface area contributed by atoms with Crippen molar-refractivity contribution in [3.63, 3.8) is 0 Å². The normalized spacial score (nSPS) is 21.9. The Bertz CT molecular complexity index is 801. The molecule has 0 bridgehead atoms. The van der Waals surface area contributed by atoms with Gasteiger partial charge in [-0.1, -0.05) is 6.92 Å². The van der Waals surface area contributed by atoms with Crippen LogP contribution in [0.4, 0.5) is 0 Å². The fourth-order valence-electron chi connectivity index (χ4n) is 3.58.